The van der Waals surface area contributed by atoms with Gasteiger partial charge in [0.2, 0.25) is 0 Å². The van der Waals surface area contributed by atoms with E-state index in [1.807, 2.05) is 30.9 Å². The highest BCUT2D eigenvalue weighted by molar-refractivity contribution is 5.14. The maximum absolute atomic E-state index is 8.30. The zero-order valence-corrected chi connectivity index (χ0v) is 7.33. The van der Waals surface area contributed by atoms with Gasteiger partial charge in [-0.05, 0) is 12.5 Å². The molecule has 0 saturated heterocycles. The van der Waals surface area contributed by atoms with Crippen molar-refractivity contribution in [1.82, 2.24) is 15.1 Å². The molecule has 0 aromatic carbocycles. The molecule has 1 rings (SSSR count). The Balaban J connectivity index is 2.57. The third-order valence-electron chi connectivity index (χ3n) is 1.77. The number of hydrogen-bond donors (Lipinski definition) is 1. The van der Waals surface area contributed by atoms with E-state index in [9.17, 15) is 0 Å². The molecule has 0 aliphatic heterocycles. The van der Waals surface area contributed by atoms with Crippen LogP contribution < -0.4 is 5.32 Å². The third kappa shape index (κ3) is 1.83. The van der Waals surface area contributed by atoms with Gasteiger partial charge in [0.05, 0.1) is 24.5 Å². The first-order chi connectivity index (χ1) is 5.75. The highest BCUT2D eigenvalue weighted by Gasteiger charge is 2.02. The number of nitrogens with zero attached hydrogens (tertiary/aromatic N) is 3. The van der Waals surface area contributed by atoms with Gasteiger partial charge in [0.15, 0.2) is 0 Å². The van der Waals surface area contributed by atoms with E-state index in [1.54, 1.807) is 0 Å². The molecular formula is C8H12N4. The molecule has 0 spiro atoms. The average Bonchev–Trinajstić information content (AvgIpc) is 2.35. The summed E-state index contributed by atoms with van der Waals surface area (Å²) in [4.78, 5) is 0. The molecule has 4 nitrogen and oxygen atoms in total. The van der Waals surface area contributed by atoms with Gasteiger partial charge in [-0.2, -0.15) is 10.4 Å². The largest absolute Gasteiger partial charge is 0.299 e. The summed E-state index contributed by atoms with van der Waals surface area (Å²) < 4.78 is 1.82. The second-order valence-electron chi connectivity index (χ2n) is 2.66. The van der Waals surface area contributed by atoms with Crippen LogP contribution in [0.4, 0.5) is 0 Å². The summed E-state index contributed by atoms with van der Waals surface area (Å²) in [6.07, 6.45) is 1.82. The first-order valence-corrected chi connectivity index (χ1v) is 3.81. The second kappa shape index (κ2) is 3.88. The second-order valence-corrected chi connectivity index (χ2v) is 2.66. The van der Waals surface area contributed by atoms with Crippen LogP contribution in [0.1, 0.15) is 11.3 Å². The Morgan fingerprint density at radius 3 is 3.00 bits per heavy atom. The van der Waals surface area contributed by atoms with Crippen LogP contribution in [-0.2, 0) is 13.6 Å². The Labute approximate surface area is 71.8 Å². The predicted molar refractivity (Wildman–Crippen MR) is 45.3 cm³/mol. The molecule has 1 aromatic heterocycles. The van der Waals surface area contributed by atoms with Crippen LogP contribution in [0.2, 0.25) is 0 Å². The Bertz CT molecular complexity index is 275. The van der Waals surface area contributed by atoms with Gasteiger partial charge < -0.3 is 0 Å². The highest BCUT2D eigenvalue weighted by Crippen LogP contribution is 2.03. The lowest BCUT2D eigenvalue weighted by atomic mass is 10.3. The van der Waals surface area contributed by atoms with Gasteiger partial charge in [-0.3, -0.25) is 10.00 Å². The first-order valence-electron chi connectivity index (χ1n) is 3.81. The molecule has 0 radical (unpaired) electrons. The van der Waals surface area contributed by atoms with E-state index >= 15 is 0 Å². The molecule has 0 aliphatic carbocycles. The summed E-state index contributed by atoms with van der Waals surface area (Å²) in [5, 5.41) is 15.4. The average molecular weight is 164 g/mol. The molecule has 0 fully saturated rings. The van der Waals surface area contributed by atoms with Crippen LogP contribution >= 0.6 is 0 Å². The van der Waals surface area contributed by atoms with E-state index in [2.05, 4.69) is 10.4 Å². The smallest absolute Gasteiger partial charge is 0.0844 e. The number of nitriles is 1. The van der Waals surface area contributed by atoms with E-state index in [1.165, 1.54) is 0 Å². The molecule has 0 bridgehead atoms. The van der Waals surface area contributed by atoms with Gasteiger partial charge in [0, 0.05) is 13.6 Å². The molecule has 1 aromatic rings. The van der Waals surface area contributed by atoms with Crippen molar-refractivity contribution in [3.8, 4) is 6.07 Å². The van der Waals surface area contributed by atoms with Gasteiger partial charge >= 0.3 is 0 Å². The molecule has 4 heteroatoms. The summed E-state index contributed by atoms with van der Waals surface area (Å²) in [6.45, 7) is 3.09. The molecule has 0 saturated carbocycles. The molecule has 1 N–H and O–H groups in total. The van der Waals surface area contributed by atoms with Crippen molar-refractivity contribution in [2.45, 2.75) is 13.5 Å². The Hall–Kier alpha value is -1.34. The van der Waals surface area contributed by atoms with Crippen LogP contribution in [-0.4, -0.2) is 16.3 Å². The molecule has 0 unspecified atom stereocenters. The van der Waals surface area contributed by atoms with Gasteiger partial charge in [0.1, 0.15) is 0 Å². The zero-order chi connectivity index (χ0) is 8.97. The molecule has 1 heterocycles. The van der Waals surface area contributed by atoms with Crippen molar-refractivity contribution >= 4 is 0 Å². The van der Waals surface area contributed by atoms with Crippen molar-refractivity contribution in [2.24, 2.45) is 7.05 Å². The summed E-state index contributed by atoms with van der Waals surface area (Å²) in [6, 6.07) is 2.03. The molecule has 12 heavy (non-hydrogen) atoms. The van der Waals surface area contributed by atoms with E-state index in [0.717, 1.165) is 11.3 Å². The minimum absolute atomic E-state index is 0.380. The van der Waals surface area contributed by atoms with Crippen molar-refractivity contribution in [2.75, 3.05) is 6.54 Å². The van der Waals surface area contributed by atoms with Crippen molar-refractivity contribution in [3.05, 3.63) is 17.5 Å². The number of hydrogen-bond acceptors (Lipinski definition) is 3. The van der Waals surface area contributed by atoms with Crippen LogP contribution in [0, 0.1) is 18.3 Å². The van der Waals surface area contributed by atoms with Crippen molar-refractivity contribution in [3.63, 3.8) is 0 Å². The maximum Gasteiger partial charge on any atom is 0.0844 e. The minimum Gasteiger partial charge on any atom is -0.299 e. The summed E-state index contributed by atoms with van der Waals surface area (Å²) in [5.74, 6) is 0. The fourth-order valence-corrected chi connectivity index (χ4v) is 1.06. The quantitative estimate of drug-likeness (QED) is 0.517. The van der Waals surface area contributed by atoms with Crippen LogP contribution in [0.5, 0.6) is 0 Å². The van der Waals surface area contributed by atoms with Crippen LogP contribution in [0.15, 0.2) is 6.20 Å². The normalized spacial score (nSPS) is 9.75. The summed E-state index contributed by atoms with van der Waals surface area (Å²) in [7, 11) is 1.90. The van der Waals surface area contributed by atoms with Gasteiger partial charge in [-0.15, -0.1) is 0 Å². The maximum atomic E-state index is 8.30. The summed E-state index contributed by atoms with van der Waals surface area (Å²) >= 11 is 0. The molecule has 64 valence electrons. The summed E-state index contributed by atoms with van der Waals surface area (Å²) in [5.41, 5.74) is 2.29. The minimum atomic E-state index is 0.380. The number of aryl methyl sites for hydroxylation is 2. The zero-order valence-electron chi connectivity index (χ0n) is 7.33. The van der Waals surface area contributed by atoms with E-state index < -0.39 is 0 Å². The number of aromatic nitrogens is 2. The van der Waals surface area contributed by atoms with Crippen LogP contribution in [0.3, 0.4) is 0 Å². The lowest BCUT2D eigenvalue weighted by Crippen LogP contribution is -2.16. The molecule has 0 atom stereocenters. The monoisotopic (exact) mass is 164 g/mol. The van der Waals surface area contributed by atoms with Gasteiger partial charge in [0.25, 0.3) is 0 Å². The fraction of sp³-hybridized carbons (Fsp3) is 0.500. The molecule has 0 amide bonds. The lowest BCUT2D eigenvalue weighted by molar-refractivity contribution is 0.654. The van der Waals surface area contributed by atoms with Gasteiger partial charge in [-0.25, -0.2) is 0 Å². The van der Waals surface area contributed by atoms with Crippen molar-refractivity contribution < 1.29 is 0 Å². The highest BCUT2D eigenvalue weighted by atomic mass is 15.3. The molecular weight excluding hydrogens is 152 g/mol. The van der Waals surface area contributed by atoms with E-state index in [4.69, 9.17) is 5.26 Å². The predicted octanol–water partition coefficient (Wildman–Crippen LogP) is 0.342. The number of nitrogens with one attached hydrogen (secondary N) is 1. The number of rotatable bonds is 3. The van der Waals surface area contributed by atoms with E-state index in [0.29, 0.717) is 13.1 Å². The van der Waals surface area contributed by atoms with Crippen molar-refractivity contribution in [1.29, 1.82) is 5.26 Å². The Morgan fingerprint density at radius 2 is 2.50 bits per heavy atom. The SMILES string of the molecule is Cc1cnn(C)c1CNCC#N. The standard InChI is InChI=1S/C8H12N4/c1-7-5-11-12(2)8(7)6-10-4-3-9/h5,10H,4,6H2,1-2H3. The third-order valence-corrected chi connectivity index (χ3v) is 1.77. The Morgan fingerprint density at radius 1 is 1.75 bits per heavy atom. The van der Waals surface area contributed by atoms with Crippen LogP contribution in [0.25, 0.3) is 0 Å². The van der Waals surface area contributed by atoms with E-state index in [-0.39, 0.29) is 0 Å². The Kier molecular flexibility index (Phi) is 2.83. The molecule has 0 aliphatic rings. The van der Waals surface area contributed by atoms with Gasteiger partial charge in [-0.1, -0.05) is 0 Å². The lowest BCUT2D eigenvalue weighted by Gasteiger charge is -2.02. The fourth-order valence-electron chi connectivity index (χ4n) is 1.06. The topological polar surface area (TPSA) is 53.6 Å². The first kappa shape index (κ1) is 8.75.